The molecule has 1 aliphatic rings. The maximum absolute atomic E-state index is 11.8. The first-order valence-corrected chi connectivity index (χ1v) is 6.57. The number of benzene rings is 1. The largest absolute Gasteiger partial charge is 0.478 e. The fourth-order valence-electron chi connectivity index (χ4n) is 2.12. The predicted octanol–water partition coefficient (Wildman–Crippen LogP) is 0.598. The van der Waals surface area contributed by atoms with Gasteiger partial charge in [0.25, 0.3) is 0 Å². The van der Waals surface area contributed by atoms with Gasteiger partial charge in [-0.05, 0) is 17.7 Å². The summed E-state index contributed by atoms with van der Waals surface area (Å²) in [7, 11) is 1.57. The summed E-state index contributed by atoms with van der Waals surface area (Å²) in [5, 5.41) is 14.4. The molecule has 0 unspecified atom stereocenters. The van der Waals surface area contributed by atoms with Gasteiger partial charge in [-0.3, -0.25) is 0 Å². The number of hydrogen-bond donors (Lipinski definition) is 3. The van der Waals surface area contributed by atoms with Crippen LogP contribution in [0.15, 0.2) is 24.3 Å². The van der Waals surface area contributed by atoms with E-state index >= 15 is 0 Å². The summed E-state index contributed by atoms with van der Waals surface area (Å²) in [6.07, 6.45) is -0.147. The van der Waals surface area contributed by atoms with Gasteiger partial charge in [0.05, 0.1) is 24.8 Å². The minimum atomic E-state index is -0.993. The molecule has 1 saturated heterocycles. The molecule has 0 spiro atoms. The van der Waals surface area contributed by atoms with E-state index in [1.54, 1.807) is 19.2 Å². The molecular formula is C14H18N2O5. The molecule has 1 aromatic carbocycles. The maximum Gasteiger partial charge on any atom is 0.335 e. The van der Waals surface area contributed by atoms with Crippen molar-refractivity contribution < 1.29 is 24.2 Å². The monoisotopic (exact) mass is 294 g/mol. The van der Waals surface area contributed by atoms with Crippen molar-refractivity contribution in [2.24, 2.45) is 0 Å². The Morgan fingerprint density at radius 3 is 2.95 bits per heavy atom. The van der Waals surface area contributed by atoms with Crippen molar-refractivity contribution in [2.45, 2.75) is 18.7 Å². The molecule has 1 heterocycles. The van der Waals surface area contributed by atoms with Crippen LogP contribution in [0.5, 0.6) is 0 Å². The molecule has 1 aromatic rings. The van der Waals surface area contributed by atoms with Gasteiger partial charge in [-0.1, -0.05) is 12.1 Å². The number of aromatic carboxylic acids is 1. The van der Waals surface area contributed by atoms with Crippen LogP contribution < -0.4 is 10.6 Å². The van der Waals surface area contributed by atoms with Crippen LogP contribution in [0.2, 0.25) is 0 Å². The molecule has 0 saturated carbocycles. The summed E-state index contributed by atoms with van der Waals surface area (Å²) in [6.45, 7) is 1.13. The molecule has 2 rings (SSSR count). The predicted molar refractivity (Wildman–Crippen MR) is 74.2 cm³/mol. The Morgan fingerprint density at radius 1 is 1.43 bits per heavy atom. The smallest absolute Gasteiger partial charge is 0.335 e. The van der Waals surface area contributed by atoms with E-state index < -0.39 is 5.97 Å². The molecule has 2 atom stereocenters. The van der Waals surface area contributed by atoms with Gasteiger partial charge in [-0.25, -0.2) is 9.59 Å². The van der Waals surface area contributed by atoms with Crippen LogP contribution in [0, 0.1) is 0 Å². The van der Waals surface area contributed by atoms with Gasteiger partial charge in [-0.2, -0.15) is 0 Å². The number of carboxylic acids is 1. The lowest BCUT2D eigenvalue weighted by molar-refractivity contribution is 0.0696. The number of ether oxygens (including phenoxy) is 2. The minimum Gasteiger partial charge on any atom is -0.478 e. The van der Waals surface area contributed by atoms with E-state index in [1.807, 2.05) is 0 Å². The van der Waals surface area contributed by atoms with Crippen LogP contribution in [0.4, 0.5) is 4.79 Å². The van der Waals surface area contributed by atoms with Crippen LogP contribution in [-0.4, -0.2) is 49.6 Å². The molecule has 114 valence electrons. The average Bonchev–Trinajstić information content (AvgIpc) is 2.92. The van der Waals surface area contributed by atoms with Gasteiger partial charge in [0.2, 0.25) is 0 Å². The Morgan fingerprint density at radius 2 is 2.24 bits per heavy atom. The highest BCUT2D eigenvalue weighted by molar-refractivity contribution is 5.87. The molecule has 1 fully saturated rings. The zero-order chi connectivity index (χ0) is 15.2. The number of hydrogen-bond acceptors (Lipinski definition) is 4. The van der Waals surface area contributed by atoms with E-state index in [0.717, 1.165) is 5.56 Å². The second-order valence-electron chi connectivity index (χ2n) is 4.75. The third kappa shape index (κ3) is 4.17. The van der Waals surface area contributed by atoms with E-state index in [2.05, 4.69) is 10.6 Å². The summed E-state index contributed by atoms with van der Waals surface area (Å²) in [6, 6.07) is 5.91. The molecule has 0 aliphatic carbocycles. The SMILES string of the molecule is CO[C@@H]1COC[C@H]1NC(=O)NCc1cccc(C(=O)O)c1. The Kier molecular flexibility index (Phi) is 5.13. The molecular weight excluding hydrogens is 276 g/mol. The molecule has 1 aliphatic heterocycles. The van der Waals surface area contributed by atoms with E-state index in [1.165, 1.54) is 12.1 Å². The fourth-order valence-corrected chi connectivity index (χ4v) is 2.12. The summed E-state index contributed by atoms with van der Waals surface area (Å²) in [4.78, 5) is 22.7. The van der Waals surface area contributed by atoms with Crippen molar-refractivity contribution in [3.8, 4) is 0 Å². The van der Waals surface area contributed by atoms with Crippen molar-refractivity contribution in [2.75, 3.05) is 20.3 Å². The first kappa shape index (κ1) is 15.3. The Balaban J connectivity index is 1.84. The quantitative estimate of drug-likeness (QED) is 0.739. The first-order chi connectivity index (χ1) is 10.1. The van der Waals surface area contributed by atoms with Crippen LogP contribution in [0.3, 0.4) is 0 Å². The van der Waals surface area contributed by atoms with Crippen molar-refractivity contribution >= 4 is 12.0 Å². The lowest BCUT2D eigenvalue weighted by Gasteiger charge is -2.18. The van der Waals surface area contributed by atoms with Crippen LogP contribution in [0.25, 0.3) is 0 Å². The summed E-state index contributed by atoms with van der Waals surface area (Å²) in [5.74, 6) is -0.993. The lowest BCUT2D eigenvalue weighted by Crippen LogP contribution is -2.47. The molecule has 7 heteroatoms. The van der Waals surface area contributed by atoms with Crippen molar-refractivity contribution in [1.29, 1.82) is 0 Å². The Labute approximate surface area is 122 Å². The van der Waals surface area contributed by atoms with E-state index in [9.17, 15) is 9.59 Å². The minimum absolute atomic E-state index is 0.147. The van der Waals surface area contributed by atoms with Crippen molar-refractivity contribution in [3.63, 3.8) is 0 Å². The number of carboxylic acid groups (broad SMARTS) is 1. The lowest BCUT2D eigenvalue weighted by atomic mass is 10.1. The van der Waals surface area contributed by atoms with Gasteiger partial charge in [0.1, 0.15) is 6.10 Å². The zero-order valence-corrected chi connectivity index (χ0v) is 11.7. The summed E-state index contributed by atoms with van der Waals surface area (Å²) in [5.41, 5.74) is 0.911. The van der Waals surface area contributed by atoms with E-state index in [4.69, 9.17) is 14.6 Å². The van der Waals surface area contributed by atoms with Crippen LogP contribution in [-0.2, 0) is 16.0 Å². The number of carbonyl (C=O) groups excluding carboxylic acids is 1. The van der Waals surface area contributed by atoms with Crippen LogP contribution in [0.1, 0.15) is 15.9 Å². The number of nitrogens with one attached hydrogen (secondary N) is 2. The molecule has 0 bridgehead atoms. The second-order valence-corrected chi connectivity index (χ2v) is 4.75. The van der Waals surface area contributed by atoms with Crippen LogP contribution >= 0.6 is 0 Å². The highest BCUT2D eigenvalue weighted by Crippen LogP contribution is 2.09. The van der Waals surface area contributed by atoms with E-state index in [0.29, 0.717) is 13.2 Å². The van der Waals surface area contributed by atoms with Crippen molar-refractivity contribution in [3.05, 3.63) is 35.4 Å². The first-order valence-electron chi connectivity index (χ1n) is 6.57. The van der Waals surface area contributed by atoms with Gasteiger partial charge in [0.15, 0.2) is 0 Å². The standard InChI is InChI=1S/C14H18N2O5/c1-20-12-8-21-7-11(12)16-14(19)15-6-9-3-2-4-10(5-9)13(17)18/h2-5,11-12H,6-8H2,1H3,(H,17,18)(H2,15,16,19)/t11-,12-/m1/s1. The molecule has 2 amide bonds. The molecule has 0 radical (unpaired) electrons. The molecule has 21 heavy (non-hydrogen) atoms. The second kappa shape index (κ2) is 7.05. The van der Waals surface area contributed by atoms with Crippen molar-refractivity contribution in [1.82, 2.24) is 10.6 Å². The number of carbonyl (C=O) groups is 2. The highest BCUT2D eigenvalue weighted by atomic mass is 16.5. The number of rotatable bonds is 5. The van der Waals surface area contributed by atoms with Gasteiger partial charge in [-0.15, -0.1) is 0 Å². The average molecular weight is 294 g/mol. The van der Waals surface area contributed by atoms with Gasteiger partial charge >= 0.3 is 12.0 Å². The Hall–Kier alpha value is -2.12. The summed E-state index contributed by atoms with van der Waals surface area (Å²) >= 11 is 0. The zero-order valence-electron chi connectivity index (χ0n) is 11.7. The number of urea groups is 1. The Bertz CT molecular complexity index is 520. The third-order valence-electron chi connectivity index (χ3n) is 3.27. The fraction of sp³-hybridized carbons (Fsp3) is 0.429. The third-order valence-corrected chi connectivity index (χ3v) is 3.27. The van der Waals surface area contributed by atoms with E-state index in [-0.39, 0.29) is 30.3 Å². The molecule has 3 N–H and O–H groups in total. The number of amides is 2. The maximum atomic E-state index is 11.8. The number of methoxy groups -OCH3 is 1. The van der Waals surface area contributed by atoms with Gasteiger partial charge in [0, 0.05) is 13.7 Å². The topological polar surface area (TPSA) is 96.9 Å². The molecule has 0 aromatic heterocycles. The highest BCUT2D eigenvalue weighted by Gasteiger charge is 2.29. The normalized spacial score (nSPS) is 21.0. The van der Waals surface area contributed by atoms with Gasteiger partial charge < -0.3 is 25.2 Å². The molecule has 7 nitrogen and oxygen atoms in total. The summed E-state index contributed by atoms with van der Waals surface area (Å²) < 4.78 is 10.4.